The first-order valence-electron chi connectivity index (χ1n) is 30.0. The monoisotopic (exact) mass is 1130 g/mol. The van der Waals surface area contributed by atoms with Crippen LogP contribution in [0.5, 0.6) is 0 Å². The molecule has 0 atom stereocenters. The minimum atomic E-state index is 1.05. The highest BCUT2D eigenvalue weighted by Crippen LogP contribution is 2.44. The van der Waals surface area contributed by atoms with Crippen LogP contribution in [-0.4, -0.2) is 0 Å². The Morgan fingerprint density at radius 1 is 0.102 bits per heavy atom. The van der Waals surface area contributed by atoms with Crippen LogP contribution >= 0.6 is 0 Å². The van der Waals surface area contributed by atoms with E-state index < -0.39 is 0 Å². The Hall–Kier alpha value is -11.7. The van der Waals surface area contributed by atoms with Crippen LogP contribution in [0.4, 0.5) is 68.2 Å². The summed E-state index contributed by atoms with van der Waals surface area (Å²) in [6, 6.07) is 135. The average Bonchev–Trinajstić information content (AvgIpc) is 2.53. The predicted octanol–water partition coefficient (Wildman–Crippen LogP) is 23.9. The maximum absolute atomic E-state index is 2.36. The maximum atomic E-state index is 2.36. The molecule has 0 N–H and O–H groups in total. The zero-order chi connectivity index (χ0) is 58.9. The second-order valence-corrected chi connectivity index (χ2v) is 21.8. The maximum Gasteiger partial charge on any atom is 0.0467 e. The third-order valence-electron chi connectivity index (χ3n) is 16.2. The molecule has 418 valence electrons. The van der Waals surface area contributed by atoms with E-state index in [0.717, 1.165) is 90.5 Å². The summed E-state index contributed by atoms with van der Waals surface area (Å²) >= 11 is 0. The van der Waals surface area contributed by atoms with Crippen molar-refractivity contribution < 1.29 is 0 Å². The van der Waals surface area contributed by atoms with E-state index in [1.54, 1.807) is 0 Å². The van der Waals surface area contributed by atoms with Gasteiger partial charge in [0.2, 0.25) is 0 Å². The van der Waals surface area contributed by atoms with Crippen molar-refractivity contribution in [2.75, 3.05) is 19.6 Å². The van der Waals surface area contributed by atoms with Crippen LogP contribution in [0.1, 0.15) is 0 Å². The number of nitrogens with zero attached hydrogens (tertiary/aromatic N) is 4. The SMILES string of the molecule is c1ccc(-c2cccc(N(c3ccccc3)c3ccc(N(c4ccc(-c5ccc(N(c6ccc(N(c7ccccc7)c7cccc(-c8ccccc8)c7)cc6)c6cccc(-c7ccccc7)c6)cc5)cc4)c4cccc(-c5ccccc5)c4)cc3)c2)cc1. The van der Waals surface area contributed by atoms with E-state index in [0.29, 0.717) is 0 Å². The van der Waals surface area contributed by atoms with E-state index in [2.05, 4.69) is 396 Å². The Balaban J connectivity index is 0.801. The molecule has 14 aromatic carbocycles. The smallest absolute Gasteiger partial charge is 0.0467 e. The molecule has 0 spiro atoms. The summed E-state index contributed by atoms with van der Waals surface area (Å²) in [5.41, 5.74) is 24.4. The Bertz CT molecular complexity index is 4260. The minimum absolute atomic E-state index is 1.05. The molecule has 4 heteroatoms. The van der Waals surface area contributed by atoms with E-state index >= 15 is 0 Å². The first-order chi connectivity index (χ1) is 43.6. The van der Waals surface area contributed by atoms with Gasteiger partial charge in [-0.1, -0.05) is 231 Å². The first kappa shape index (κ1) is 54.2. The zero-order valence-electron chi connectivity index (χ0n) is 48.6. The summed E-state index contributed by atoms with van der Waals surface area (Å²) < 4.78 is 0. The number of rotatable bonds is 17. The lowest BCUT2D eigenvalue weighted by Crippen LogP contribution is -2.12. The van der Waals surface area contributed by atoms with Crippen LogP contribution in [0.15, 0.2) is 376 Å². The van der Waals surface area contributed by atoms with Crippen molar-refractivity contribution in [3.63, 3.8) is 0 Å². The summed E-state index contributed by atoms with van der Waals surface area (Å²) in [6.07, 6.45) is 0. The fraction of sp³-hybridized carbons (Fsp3) is 0. The molecule has 0 aromatic heterocycles. The van der Waals surface area contributed by atoms with E-state index in [-0.39, 0.29) is 0 Å². The number of anilines is 12. The van der Waals surface area contributed by atoms with Gasteiger partial charge in [0, 0.05) is 68.2 Å². The summed E-state index contributed by atoms with van der Waals surface area (Å²) in [5, 5.41) is 0. The molecule has 0 aliphatic carbocycles. The van der Waals surface area contributed by atoms with Gasteiger partial charge in [0.05, 0.1) is 0 Å². The van der Waals surface area contributed by atoms with Crippen LogP contribution in [-0.2, 0) is 0 Å². The van der Waals surface area contributed by atoms with Crippen molar-refractivity contribution >= 4 is 68.2 Å². The summed E-state index contributed by atoms with van der Waals surface area (Å²) in [7, 11) is 0. The Labute approximate surface area is 516 Å². The van der Waals surface area contributed by atoms with Crippen LogP contribution in [0.2, 0.25) is 0 Å². The van der Waals surface area contributed by atoms with Crippen LogP contribution in [0.3, 0.4) is 0 Å². The average molecular weight is 1130 g/mol. The molecular weight excluding hydrogens is 1060 g/mol. The van der Waals surface area contributed by atoms with Crippen molar-refractivity contribution in [1.82, 2.24) is 0 Å². The number of benzene rings is 14. The molecule has 88 heavy (non-hydrogen) atoms. The second-order valence-electron chi connectivity index (χ2n) is 21.8. The second kappa shape index (κ2) is 25.2. The normalized spacial score (nSPS) is 11.0. The van der Waals surface area contributed by atoms with Gasteiger partial charge in [0.15, 0.2) is 0 Å². The molecule has 0 heterocycles. The largest absolute Gasteiger partial charge is 0.310 e. The van der Waals surface area contributed by atoms with Crippen molar-refractivity contribution in [2.45, 2.75) is 0 Å². The molecule has 0 saturated carbocycles. The summed E-state index contributed by atoms with van der Waals surface area (Å²) in [5.74, 6) is 0. The third kappa shape index (κ3) is 11.7. The van der Waals surface area contributed by atoms with E-state index in [4.69, 9.17) is 0 Å². The molecular formula is C84H62N4. The van der Waals surface area contributed by atoms with Gasteiger partial charge in [-0.2, -0.15) is 0 Å². The fourth-order valence-corrected chi connectivity index (χ4v) is 11.9. The highest BCUT2D eigenvalue weighted by atomic mass is 15.2. The van der Waals surface area contributed by atoms with Gasteiger partial charge in [-0.05, 0) is 201 Å². The molecule has 0 aliphatic rings. The molecule has 0 radical (unpaired) electrons. The third-order valence-corrected chi connectivity index (χ3v) is 16.2. The van der Waals surface area contributed by atoms with Crippen molar-refractivity contribution in [2.24, 2.45) is 0 Å². The van der Waals surface area contributed by atoms with Gasteiger partial charge in [0.1, 0.15) is 0 Å². The number of para-hydroxylation sites is 2. The molecule has 14 aromatic rings. The van der Waals surface area contributed by atoms with Crippen molar-refractivity contribution in [3.05, 3.63) is 376 Å². The topological polar surface area (TPSA) is 13.0 Å². The molecule has 0 bridgehead atoms. The van der Waals surface area contributed by atoms with E-state index in [1.807, 2.05) is 0 Å². The Kier molecular flexibility index (Phi) is 15.6. The molecule has 0 amide bonds. The number of hydrogen-bond donors (Lipinski definition) is 0. The lowest BCUT2D eigenvalue weighted by atomic mass is 10.0. The quantitative estimate of drug-likeness (QED) is 0.0901. The van der Waals surface area contributed by atoms with Gasteiger partial charge in [-0.15, -0.1) is 0 Å². The van der Waals surface area contributed by atoms with Crippen LogP contribution in [0, 0.1) is 0 Å². The Morgan fingerprint density at radius 3 is 0.466 bits per heavy atom. The van der Waals surface area contributed by atoms with Crippen molar-refractivity contribution in [3.8, 4) is 55.6 Å². The van der Waals surface area contributed by atoms with Gasteiger partial charge in [-0.25, -0.2) is 0 Å². The predicted molar refractivity (Wildman–Crippen MR) is 372 cm³/mol. The minimum Gasteiger partial charge on any atom is -0.310 e. The van der Waals surface area contributed by atoms with Gasteiger partial charge in [0.25, 0.3) is 0 Å². The molecule has 0 unspecified atom stereocenters. The first-order valence-corrected chi connectivity index (χ1v) is 30.0. The molecule has 0 aliphatic heterocycles. The van der Waals surface area contributed by atoms with Gasteiger partial charge in [-0.3, -0.25) is 0 Å². The lowest BCUT2D eigenvalue weighted by Gasteiger charge is -2.29. The fourth-order valence-electron chi connectivity index (χ4n) is 11.9. The lowest BCUT2D eigenvalue weighted by molar-refractivity contribution is 1.25. The molecule has 0 saturated heterocycles. The summed E-state index contributed by atoms with van der Waals surface area (Å²) in [4.78, 5) is 9.39. The van der Waals surface area contributed by atoms with Crippen molar-refractivity contribution in [1.29, 1.82) is 0 Å². The van der Waals surface area contributed by atoms with Crippen LogP contribution < -0.4 is 19.6 Å². The Morgan fingerprint density at radius 2 is 0.250 bits per heavy atom. The standard InChI is InChI=1S/C84H62N4/c1-7-23-63(24-8-1)69-31-19-39-81(59-69)85(73-35-15-5-16-36-73)77-51-55-79(56-52-77)87(83-41-21-33-71(61-83)65-27-11-3-12-28-65)75-47-43-67(44-48-75)68-45-49-76(50-46-68)88(84-42-22-34-72(62-84)66-29-13-4-14-30-66)80-57-53-78(54-58-80)86(74-37-17-6-18-38-74)82-40-20-32-70(60-82)64-25-9-2-10-26-64/h1-62H. The molecule has 14 rings (SSSR count). The highest BCUT2D eigenvalue weighted by molar-refractivity contribution is 5.88. The number of hydrogen-bond acceptors (Lipinski definition) is 4. The van der Waals surface area contributed by atoms with Crippen LogP contribution in [0.25, 0.3) is 55.6 Å². The zero-order valence-corrected chi connectivity index (χ0v) is 48.6. The van der Waals surface area contributed by atoms with E-state index in [9.17, 15) is 0 Å². The van der Waals surface area contributed by atoms with E-state index in [1.165, 1.54) is 33.4 Å². The highest BCUT2D eigenvalue weighted by Gasteiger charge is 2.20. The van der Waals surface area contributed by atoms with Gasteiger partial charge >= 0.3 is 0 Å². The summed E-state index contributed by atoms with van der Waals surface area (Å²) in [6.45, 7) is 0. The molecule has 0 fully saturated rings. The van der Waals surface area contributed by atoms with Gasteiger partial charge < -0.3 is 19.6 Å². The molecule has 4 nitrogen and oxygen atoms in total.